The van der Waals surface area contributed by atoms with Crippen molar-refractivity contribution < 1.29 is 14.6 Å². The highest BCUT2D eigenvalue weighted by Gasteiger charge is 2.13. The highest BCUT2D eigenvalue weighted by atomic mass is 16.5. The molecule has 0 aliphatic carbocycles. The smallest absolute Gasteiger partial charge is 0.303 e. The van der Waals surface area contributed by atoms with Crippen molar-refractivity contribution in [3.8, 4) is 16.9 Å². The molecule has 0 aliphatic heterocycles. The Morgan fingerprint density at radius 2 is 1.83 bits per heavy atom. The monoisotopic (exact) mass is 390 g/mol. The van der Waals surface area contributed by atoms with Gasteiger partial charge in [0.15, 0.2) is 0 Å². The molecule has 0 aliphatic rings. The maximum absolute atomic E-state index is 11.1. The lowest BCUT2D eigenvalue weighted by molar-refractivity contribution is -0.137. The Balaban J connectivity index is 1.75. The summed E-state index contributed by atoms with van der Waals surface area (Å²) in [4.78, 5) is 15.2. The molecule has 1 unspecified atom stereocenters. The van der Waals surface area contributed by atoms with Gasteiger partial charge in [-0.15, -0.1) is 0 Å². The van der Waals surface area contributed by atoms with Crippen LogP contribution in [-0.4, -0.2) is 29.2 Å². The number of ether oxygens (including phenoxy) is 1. The van der Waals surface area contributed by atoms with Crippen molar-refractivity contribution in [3.05, 3.63) is 84.2 Å². The first kappa shape index (κ1) is 20.6. The van der Waals surface area contributed by atoms with E-state index < -0.39 is 5.97 Å². The van der Waals surface area contributed by atoms with E-state index in [1.54, 1.807) is 19.5 Å². The normalized spacial score (nSPS) is 11.8. The maximum atomic E-state index is 11.1. The second-order valence-electron chi connectivity index (χ2n) is 6.96. The topological polar surface area (TPSA) is 71.5 Å². The third-order valence-corrected chi connectivity index (χ3v) is 4.91. The van der Waals surface area contributed by atoms with E-state index in [2.05, 4.69) is 28.5 Å². The van der Waals surface area contributed by atoms with Crippen LogP contribution < -0.4 is 10.1 Å². The standard InChI is InChI=1S/C24H26N2O3/c1-29-23-9-7-20(19-11-13-25-14-12-19)16-21(23)17-26-22(8-10-24(27)28)15-18-5-3-2-4-6-18/h2-7,9,11-14,16,22,26H,8,10,15,17H2,1H3,(H,27,28). The van der Waals surface area contributed by atoms with Crippen LogP contribution in [0.25, 0.3) is 11.1 Å². The molecule has 1 heterocycles. The van der Waals surface area contributed by atoms with Gasteiger partial charge in [0.05, 0.1) is 7.11 Å². The van der Waals surface area contributed by atoms with Crippen LogP contribution in [0.5, 0.6) is 5.75 Å². The Morgan fingerprint density at radius 3 is 2.52 bits per heavy atom. The number of nitrogens with one attached hydrogen (secondary N) is 1. The molecule has 0 fully saturated rings. The van der Waals surface area contributed by atoms with Crippen LogP contribution in [0.3, 0.4) is 0 Å². The fourth-order valence-corrected chi connectivity index (χ4v) is 3.37. The number of aromatic nitrogens is 1. The summed E-state index contributed by atoms with van der Waals surface area (Å²) in [5.41, 5.74) is 4.41. The molecule has 3 aromatic rings. The number of methoxy groups -OCH3 is 1. The number of rotatable bonds is 10. The number of nitrogens with zero attached hydrogens (tertiary/aromatic N) is 1. The van der Waals surface area contributed by atoms with Crippen LogP contribution in [0.4, 0.5) is 0 Å². The quantitative estimate of drug-likeness (QED) is 0.539. The molecule has 5 heteroatoms. The van der Waals surface area contributed by atoms with Gasteiger partial charge >= 0.3 is 5.97 Å². The predicted molar refractivity (Wildman–Crippen MR) is 114 cm³/mol. The Labute approximate surface area is 171 Å². The van der Waals surface area contributed by atoms with E-state index >= 15 is 0 Å². The summed E-state index contributed by atoms with van der Waals surface area (Å²) in [7, 11) is 1.66. The van der Waals surface area contributed by atoms with Gasteiger partial charge in [-0.2, -0.15) is 0 Å². The van der Waals surface area contributed by atoms with Gasteiger partial charge < -0.3 is 15.2 Å². The second-order valence-corrected chi connectivity index (χ2v) is 6.96. The van der Waals surface area contributed by atoms with E-state index in [4.69, 9.17) is 9.84 Å². The minimum atomic E-state index is -0.776. The molecule has 0 saturated heterocycles. The summed E-state index contributed by atoms with van der Waals surface area (Å²) in [6, 6.07) is 20.3. The molecular weight excluding hydrogens is 364 g/mol. The molecule has 0 spiro atoms. The van der Waals surface area contributed by atoms with Gasteiger partial charge in [-0.05, 0) is 53.8 Å². The van der Waals surface area contributed by atoms with E-state index in [-0.39, 0.29) is 12.5 Å². The fraction of sp³-hybridized carbons (Fsp3) is 0.250. The predicted octanol–water partition coefficient (Wildman–Crippen LogP) is 4.32. The van der Waals surface area contributed by atoms with E-state index in [9.17, 15) is 4.79 Å². The highest BCUT2D eigenvalue weighted by Crippen LogP contribution is 2.26. The largest absolute Gasteiger partial charge is 0.496 e. The van der Waals surface area contributed by atoms with Gasteiger partial charge in [0.1, 0.15) is 5.75 Å². The lowest BCUT2D eigenvalue weighted by atomic mass is 10.00. The van der Waals surface area contributed by atoms with Crippen LogP contribution in [-0.2, 0) is 17.8 Å². The molecular formula is C24H26N2O3. The molecule has 3 rings (SSSR count). The lowest BCUT2D eigenvalue weighted by Crippen LogP contribution is -2.31. The van der Waals surface area contributed by atoms with Crippen LogP contribution >= 0.6 is 0 Å². The minimum absolute atomic E-state index is 0.0581. The average Bonchev–Trinajstić information content (AvgIpc) is 2.76. The Bertz CT molecular complexity index is 914. The Kier molecular flexibility index (Phi) is 7.36. The van der Waals surface area contributed by atoms with Crippen molar-refractivity contribution in [2.75, 3.05) is 7.11 Å². The van der Waals surface area contributed by atoms with Gasteiger partial charge in [0, 0.05) is 37.0 Å². The van der Waals surface area contributed by atoms with E-state index in [0.29, 0.717) is 13.0 Å². The van der Waals surface area contributed by atoms with Crippen molar-refractivity contribution in [2.24, 2.45) is 0 Å². The first-order valence-electron chi connectivity index (χ1n) is 9.72. The van der Waals surface area contributed by atoms with Gasteiger partial charge in [-0.25, -0.2) is 0 Å². The fourth-order valence-electron chi connectivity index (χ4n) is 3.37. The number of benzene rings is 2. The molecule has 2 aromatic carbocycles. The van der Waals surface area contributed by atoms with Crippen molar-refractivity contribution >= 4 is 5.97 Å². The average molecular weight is 390 g/mol. The SMILES string of the molecule is COc1ccc(-c2ccncc2)cc1CNC(CCC(=O)O)Cc1ccccc1. The highest BCUT2D eigenvalue weighted by molar-refractivity contribution is 5.66. The molecule has 5 nitrogen and oxygen atoms in total. The number of hydrogen-bond acceptors (Lipinski definition) is 4. The number of carboxylic acid groups (broad SMARTS) is 1. The zero-order valence-corrected chi connectivity index (χ0v) is 16.5. The van der Waals surface area contributed by atoms with E-state index in [1.807, 2.05) is 42.5 Å². The number of carboxylic acids is 1. The molecule has 29 heavy (non-hydrogen) atoms. The first-order chi connectivity index (χ1) is 14.2. The van der Waals surface area contributed by atoms with Gasteiger partial charge in [-0.3, -0.25) is 9.78 Å². The number of hydrogen-bond donors (Lipinski definition) is 2. The molecule has 0 radical (unpaired) electrons. The van der Waals surface area contributed by atoms with Crippen LogP contribution in [0.1, 0.15) is 24.0 Å². The Morgan fingerprint density at radius 1 is 1.07 bits per heavy atom. The summed E-state index contributed by atoms with van der Waals surface area (Å²) in [5, 5.41) is 12.6. The molecule has 1 atom stereocenters. The first-order valence-corrected chi connectivity index (χ1v) is 9.72. The lowest BCUT2D eigenvalue weighted by Gasteiger charge is -2.20. The van der Waals surface area contributed by atoms with Crippen LogP contribution in [0.15, 0.2) is 73.1 Å². The molecule has 0 amide bonds. The van der Waals surface area contributed by atoms with Crippen LogP contribution in [0.2, 0.25) is 0 Å². The number of pyridine rings is 1. The minimum Gasteiger partial charge on any atom is -0.496 e. The number of carbonyl (C=O) groups is 1. The Hall–Kier alpha value is -3.18. The number of aliphatic carboxylic acids is 1. The van der Waals surface area contributed by atoms with E-state index in [0.717, 1.165) is 28.9 Å². The molecule has 1 aromatic heterocycles. The third kappa shape index (κ3) is 6.16. The van der Waals surface area contributed by atoms with Crippen molar-refractivity contribution in [1.82, 2.24) is 10.3 Å². The zero-order valence-electron chi connectivity index (χ0n) is 16.5. The zero-order chi connectivity index (χ0) is 20.5. The molecule has 150 valence electrons. The summed E-state index contributed by atoms with van der Waals surface area (Å²) in [6.07, 6.45) is 5.04. The van der Waals surface area contributed by atoms with Crippen molar-refractivity contribution in [3.63, 3.8) is 0 Å². The van der Waals surface area contributed by atoms with Crippen LogP contribution in [0, 0.1) is 0 Å². The summed E-state index contributed by atoms with van der Waals surface area (Å²) in [6.45, 7) is 0.596. The van der Waals surface area contributed by atoms with Gasteiger partial charge in [0.2, 0.25) is 0 Å². The summed E-state index contributed by atoms with van der Waals surface area (Å²) in [5.74, 6) is 0.0362. The van der Waals surface area contributed by atoms with E-state index in [1.165, 1.54) is 5.56 Å². The van der Waals surface area contributed by atoms with Crippen molar-refractivity contribution in [1.29, 1.82) is 0 Å². The van der Waals surface area contributed by atoms with Crippen molar-refractivity contribution in [2.45, 2.75) is 31.8 Å². The molecule has 2 N–H and O–H groups in total. The summed E-state index contributed by atoms with van der Waals surface area (Å²) < 4.78 is 5.54. The third-order valence-electron chi connectivity index (χ3n) is 4.91. The summed E-state index contributed by atoms with van der Waals surface area (Å²) >= 11 is 0. The molecule has 0 saturated carbocycles. The molecule has 0 bridgehead atoms. The second kappa shape index (κ2) is 10.4. The maximum Gasteiger partial charge on any atom is 0.303 e. The van der Waals surface area contributed by atoms with Gasteiger partial charge in [0.25, 0.3) is 0 Å². The van der Waals surface area contributed by atoms with Gasteiger partial charge in [-0.1, -0.05) is 36.4 Å².